The number of hydrogen-bond acceptors (Lipinski definition) is 4. The van der Waals surface area contributed by atoms with Crippen LogP contribution >= 0.6 is 0 Å². The minimum atomic E-state index is -0.356. The van der Waals surface area contributed by atoms with Gasteiger partial charge in [0.05, 0.1) is 20.3 Å². The van der Waals surface area contributed by atoms with Crippen LogP contribution in [0.3, 0.4) is 0 Å². The van der Waals surface area contributed by atoms with Crippen molar-refractivity contribution < 1.29 is 19.4 Å². The van der Waals surface area contributed by atoms with Crippen molar-refractivity contribution in [3.63, 3.8) is 0 Å². The number of carbonyl (C=O) groups is 1. The number of aryl methyl sites for hydroxylation is 1. The summed E-state index contributed by atoms with van der Waals surface area (Å²) in [6.45, 7) is 2.57. The van der Waals surface area contributed by atoms with Gasteiger partial charge >= 0.3 is 0 Å². The van der Waals surface area contributed by atoms with Crippen molar-refractivity contribution in [3.8, 4) is 11.5 Å². The minimum Gasteiger partial charge on any atom is -0.503 e. The van der Waals surface area contributed by atoms with Gasteiger partial charge in [0.2, 0.25) is 0 Å². The lowest BCUT2D eigenvalue weighted by molar-refractivity contribution is -0.129. The number of hydrogen-bond donors (Lipinski definition) is 1. The monoisotopic (exact) mass is 443 g/mol. The first-order valence-corrected chi connectivity index (χ1v) is 11.2. The third kappa shape index (κ3) is 4.44. The molecule has 0 saturated heterocycles. The summed E-state index contributed by atoms with van der Waals surface area (Å²) in [4.78, 5) is 15.0. The summed E-state index contributed by atoms with van der Waals surface area (Å²) in [6, 6.07) is 23.3. The van der Waals surface area contributed by atoms with Gasteiger partial charge in [0.25, 0.3) is 5.91 Å². The van der Waals surface area contributed by atoms with Crippen molar-refractivity contribution in [1.82, 2.24) is 4.90 Å². The Kier molecular flexibility index (Phi) is 6.68. The molecule has 1 aliphatic heterocycles. The van der Waals surface area contributed by atoms with E-state index in [1.807, 2.05) is 48.5 Å². The molecule has 0 aromatic heterocycles. The fourth-order valence-corrected chi connectivity index (χ4v) is 4.36. The summed E-state index contributed by atoms with van der Waals surface area (Å²) < 4.78 is 10.7. The van der Waals surface area contributed by atoms with Crippen LogP contribution in [0.2, 0.25) is 0 Å². The molecule has 0 spiro atoms. The number of ether oxygens (including phenoxy) is 2. The van der Waals surface area contributed by atoms with Crippen LogP contribution in [0, 0.1) is 0 Å². The van der Waals surface area contributed by atoms with E-state index in [0.29, 0.717) is 30.0 Å². The highest BCUT2D eigenvalue weighted by Crippen LogP contribution is 2.43. The fourth-order valence-electron chi connectivity index (χ4n) is 4.36. The molecule has 5 nitrogen and oxygen atoms in total. The van der Waals surface area contributed by atoms with Crippen LogP contribution in [-0.2, 0) is 17.6 Å². The van der Waals surface area contributed by atoms with Gasteiger partial charge in [-0.05, 0) is 47.2 Å². The first-order chi connectivity index (χ1) is 16.1. The first-order valence-electron chi connectivity index (χ1n) is 11.2. The molecule has 0 radical (unpaired) electrons. The zero-order valence-corrected chi connectivity index (χ0v) is 19.2. The van der Waals surface area contributed by atoms with E-state index in [-0.39, 0.29) is 17.7 Å². The maximum Gasteiger partial charge on any atom is 0.289 e. The summed E-state index contributed by atoms with van der Waals surface area (Å²) >= 11 is 0. The Morgan fingerprint density at radius 2 is 1.55 bits per heavy atom. The highest BCUT2D eigenvalue weighted by molar-refractivity contribution is 6.05. The maximum absolute atomic E-state index is 13.2. The first kappa shape index (κ1) is 22.5. The van der Waals surface area contributed by atoms with Crippen LogP contribution in [0.1, 0.15) is 35.2 Å². The van der Waals surface area contributed by atoms with E-state index in [1.165, 1.54) is 5.56 Å². The summed E-state index contributed by atoms with van der Waals surface area (Å²) in [7, 11) is 3.21. The summed E-state index contributed by atoms with van der Waals surface area (Å²) in [6.07, 6.45) is 1.56. The van der Waals surface area contributed by atoms with Gasteiger partial charge < -0.3 is 19.5 Å². The number of methoxy groups -OCH3 is 2. The van der Waals surface area contributed by atoms with E-state index in [4.69, 9.17) is 9.47 Å². The quantitative estimate of drug-likeness (QED) is 0.509. The molecule has 3 aromatic carbocycles. The standard InChI is InChI=1S/C28H29NO4/c1-4-19-10-13-22(14-11-19)26-25(21-8-6-5-7-9-21)27(30)28(31)29(26)17-16-20-12-15-23(32-2)24(18-20)33-3/h5-15,18,26,30H,4,16-17H2,1-3H3/t26-/m0/s1. The Bertz CT molecular complexity index is 1150. The lowest BCUT2D eigenvalue weighted by Gasteiger charge is -2.27. The van der Waals surface area contributed by atoms with Crippen molar-refractivity contribution in [2.75, 3.05) is 20.8 Å². The summed E-state index contributed by atoms with van der Waals surface area (Å²) in [5.74, 6) is 0.787. The molecule has 170 valence electrons. The van der Waals surface area contributed by atoms with Gasteiger partial charge in [-0.3, -0.25) is 4.79 Å². The van der Waals surface area contributed by atoms with Crippen LogP contribution in [-0.4, -0.2) is 36.7 Å². The molecule has 3 aromatic rings. The lowest BCUT2D eigenvalue weighted by Crippen LogP contribution is -2.32. The van der Waals surface area contributed by atoms with Crippen molar-refractivity contribution in [1.29, 1.82) is 0 Å². The molecule has 4 rings (SSSR count). The van der Waals surface area contributed by atoms with Crippen LogP contribution in [0.15, 0.2) is 78.6 Å². The number of aliphatic hydroxyl groups excluding tert-OH is 1. The van der Waals surface area contributed by atoms with Gasteiger partial charge in [-0.15, -0.1) is 0 Å². The second kappa shape index (κ2) is 9.82. The molecule has 0 aliphatic carbocycles. The van der Waals surface area contributed by atoms with Gasteiger partial charge in [0.1, 0.15) is 0 Å². The highest BCUT2D eigenvalue weighted by Gasteiger charge is 2.40. The fraction of sp³-hybridized carbons (Fsp3) is 0.250. The number of amides is 1. The molecule has 33 heavy (non-hydrogen) atoms. The average Bonchev–Trinajstić information content (AvgIpc) is 3.12. The van der Waals surface area contributed by atoms with E-state index >= 15 is 0 Å². The van der Waals surface area contributed by atoms with Crippen molar-refractivity contribution >= 4 is 11.5 Å². The van der Waals surface area contributed by atoms with Crippen LogP contribution in [0.5, 0.6) is 11.5 Å². The molecule has 0 saturated carbocycles. The number of rotatable bonds is 8. The molecule has 5 heteroatoms. The predicted octanol–water partition coefficient (Wildman–Crippen LogP) is 5.36. The van der Waals surface area contributed by atoms with Gasteiger partial charge in [-0.1, -0.05) is 67.6 Å². The normalized spacial score (nSPS) is 15.8. The smallest absolute Gasteiger partial charge is 0.289 e. The van der Waals surface area contributed by atoms with Crippen molar-refractivity contribution in [2.24, 2.45) is 0 Å². The zero-order valence-electron chi connectivity index (χ0n) is 19.2. The number of nitrogens with zero attached hydrogens (tertiary/aromatic N) is 1. The average molecular weight is 444 g/mol. The minimum absolute atomic E-state index is 0.182. The molecule has 1 heterocycles. The SMILES string of the molecule is CCc1ccc([C@H]2C(c3ccccc3)=C(O)C(=O)N2CCc2ccc(OC)c(OC)c2)cc1. The van der Waals surface area contributed by atoms with Gasteiger partial charge in [0.15, 0.2) is 17.3 Å². The van der Waals surface area contributed by atoms with E-state index in [9.17, 15) is 9.90 Å². The number of benzene rings is 3. The Morgan fingerprint density at radius 3 is 2.18 bits per heavy atom. The van der Waals surface area contributed by atoms with Crippen molar-refractivity contribution in [3.05, 3.63) is 101 Å². The molecule has 1 amide bonds. The molecular formula is C28H29NO4. The molecule has 1 N–H and O–H groups in total. The topological polar surface area (TPSA) is 59.0 Å². The third-order valence-corrected chi connectivity index (χ3v) is 6.18. The molecule has 1 atom stereocenters. The predicted molar refractivity (Wildman–Crippen MR) is 130 cm³/mol. The van der Waals surface area contributed by atoms with Gasteiger partial charge in [0, 0.05) is 12.1 Å². The number of aliphatic hydroxyl groups is 1. The van der Waals surface area contributed by atoms with Gasteiger partial charge in [-0.25, -0.2) is 0 Å². The summed E-state index contributed by atoms with van der Waals surface area (Å²) in [5, 5.41) is 10.9. The lowest BCUT2D eigenvalue weighted by atomic mass is 9.92. The van der Waals surface area contributed by atoms with Crippen LogP contribution in [0.25, 0.3) is 5.57 Å². The van der Waals surface area contributed by atoms with Crippen LogP contribution < -0.4 is 9.47 Å². The Balaban J connectivity index is 1.68. The third-order valence-electron chi connectivity index (χ3n) is 6.18. The van der Waals surface area contributed by atoms with E-state index < -0.39 is 0 Å². The second-order valence-corrected chi connectivity index (χ2v) is 8.06. The Morgan fingerprint density at radius 1 is 0.879 bits per heavy atom. The van der Waals surface area contributed by atoms with E-state index in [1.54, 1.807) is 19.1 Å². The molecule has 0 fully saturated rings. The largest absolute Gasteiger partial charge is 0.503 e. The molecule has 0 unspecified atom stereocenters. The zero-order chi connectivity index (χ0) is 23.4. The van der Waals surface area contributed by atoms with Crippen molar-refractivity contribution in [2.45, 2.75) is 25.8 Å². The van der Waals surface area contributed by atoms with Crippen LogP contribution in [0.4, 0.5) is 0 Å². The molecule has 0 bridgehead atoms. The summed E-state index contributed by atoms with van der Waals surface area (Å²) in [5.41, 5.74) is 4.73. The molecule has 1 aliphatic rings. The second-order valence-electron chi connectivity index (χ2n) is 8.06. The van der Waals surface area contributed by atoms with E-state index in [2.05, 4.69) is 31.2 Å². The Hall–Kier alpha value is -3.73. The van der Waals surface area contributed by atoms with E-state index in [0.717, 1.165) is 23.1 Å². The van der Waals surface area contributed by atoms with Gasteiger partial charge in [-0.2, -0.15) is 0 Å². The Labute approximate surface area is 194 Å². The maximum atomic E-state index is 13.2. The number of carbonyl (C=O) groups excluding carboxylic acids is 1. The highest BCUT2D eigenvalue weighted by atomic mass is 16.5. The molecular weight excluding hydrogens is 414 g/mol.